The van der Waals surface area contributed by atoms with E-state index in [-0.39, 0.29) is 5.56 Å². The van der Waals surface area contributed by atoms with Gasteiger partial charge in [0, 0.05) is 11.8 Å². The summed E-state index contributed by atoms with van der Waals surface area (Å²) in [6.45, 7) is 3.52. The molecular formula is C15H11BrN2O3. The van der Waals surface area contributed by atoms with Crippen LogP contribution in [0, 0.1) is 25.2 Å². The van der Waals surface area contributed by atoms with Crippen LogP contribution in [0.5, 0.6) is 11.5 Å². The number of pyridine rings is 1. The minimum atomic E-state index is -1.05. The molecular weight excluding hydrogens is 336 g/mol. The van der Waals surface area contributed by atoms with Gasteiger partial charge in [-0.25, -0.2) is 4.79 Å². The third-order valence-corrected chi connectivity index (χ3v) is 3.46. The molecule has 1 aromatic carbocycles. The lowest BCUT2D eigenvalue weighted by Gasteiger charge is -2.11. The standard InChI is InChI=1S/C15H11BrN2O3/c1-8-5-13(11(7-17)9(2)18-8)21-14-6-10(15(19)20)3-4-12(14)16/h3-6H,1-2H3,(H,19,20). The maximum Gasteiger partial charge on any atom is 0.335 e. The van der Waals surface area contributed by atoms with E-state index in [1.165, 1.54) is 12.1 Å². The molecule has 5 nitrogen and oxygen atoms in total. The van der Waals surface area contributed by atoms with Gasteiger partial charge in [0.15, 0.2) is 0 Å². The number of benzene rings is 1. The molecule has 1 N–H and O–H groups in total. The predicted molar refractivity (Wildman–Crippen MR) is 79.6 cm³/mol. The van der Waals surface area contributed by atoms with Gasteiger partial charge in [0.25, 0.3) is 0 Å². The summed E-state index contributed by atoms with van der Waals surface area (Å²) < 4.78 is 6.31. The second kappa shape index (κ2) is 5.94. The summed E-state index contributed by atoms with van der Waals surface area (Å²) in [5.74, 6) is -0.364. The highest BCUT2D eigenvalue weighted by Crippen LogP contribution is 2.33. The molecule has 0 bridgehead atoms. The molecule has 0 fully saturated rings. The molecule has 2 aromatic rings. The summed E-state index contributed by atoms with van der Waals surface area (Å²) in [5, 5.41) is 18.2. The van der Waals surface area contributed by atoms with Gasteiger partial charge in [-0.3, -0.25) is 4.98 Å². The third kappa shape index (κ3) is 3.20. The third-order valence-electron chi connectivity index (χ3n) is 2.80. The van der Waals surface area contributed by atoms with Gasteiger partial charge in [-0.1, -0.05) is 0 Å². The molecule has 0 aliphatic rings. The fraction of sp³-hybridized carbons (Fsp3) is 0.133. The zero-order valence-electron chi connectivity index (χ0n) is 11.3. The Bertz CT molecular complexity index is 766. The van der Waals surface area contributed by atoms with Crippen LogP contribution in [0.4, 0.5) is 0 Å². The number of aromatic nitrogens is 1. The molecule has 21 heavy (non-hydrogen) atoms. The molecule has 0 unspecified atom stereocenters. The molecule has 106 valence electrons. The molecule has 0 saturated heterocycles. The minimum absolute atomic E-state index is 0.106. The normalized spacial score (nSPS) is 10.0. The molecule has 0 saturated carbocycles. The molecule has 1 heterocycles. The van der Waals surface area contributed by atoms with Crippen LogP contribution in [-0.4, -0.2) is 16.1 Å². The summed E-state index contributed by atoms with van der Waals surface area (Å²) in [5.41, 5.74) is 1.72. The summed E-state index contributed by atoms with van der Waals surface area (Å²) in [7, 11) is 0. The van der Waals surface area contributed by atoms with E-state index in [4.69, 9.17) is 9.84 Å². The number of carboxylic acids is 1. The first-order valence-corrected chi connectivity index (χ1v) is 6.80. The minimum Gasteiger partial charge on any atom is -0.478 e. The van der Waals surface area contributed by atoms with Crippen LogP contribution in [0.25, 0.3) is 0 Å². The second-order valence-electron chi connectivity index (χ2n) is 4.39. The van der Waals surface area contributed by atoms with Gasteiger partial charge in [-0.2, -0.15) is 5.26 Å². The number of nitriles is 1. The molecule has 0 aliphatic carbocycles. The van der Waals surface area contributed by atoms with Crippen molar-refractivity contribution in [1.29, 1.82) is 5.26 Å². The lowest BCUT2D eigenvalue weighted by molar-refractivity contribution is 0.0696. The van der Waals surface area contributed by atoms with E-state index < -0.39 is 5.97 Å². The number of carboxylic acid groups (broad SMARTS) is 1. The van der Waals surface area contributed by atoms with Crippen LogP contribution in [-0.2, 0) is 0 Å². The SMILES string of the molecule is Cc1cc(Oc2cc(C(=O)O)ccc2Br)c(C#N)c(C)n1. The highest BCUT2D eigenvalue weighted by Gasteiger charge is 2.14. The fourth-order valence-corrected chi connectivity index (χ4v) is 2.17. The van der Waals surface area contributed by atoms with E-state index in [1.54, 1.807) is 26.0 Å². The van der Waals surface area contributed by atoms with Crippen molar-refractivity contribution >= 4 is 21.9 Å². The van der Waals surface area contributed by atoms with E-state index in [1.807, 2.05) is 6.07 Å². The number of aromatic carboxylic acids is 1. The van der Waals surface area contributed by atoms with Crippen LogP contribution in [0.3, 0.4) is 0 Å². The van der Waals surface area contributed by atoms with Crippen molar-refractivity contribution in [2.75, 3.05) is 0 Å². The van der Waals surface area contributed by atoms with Crippen molar-refractivity contribution in [3.63, 3.8) is 0 Å². The Morgan fingerprint density at radius 3 is 2.67 bits per heavy atom. The quantitative estimate of drug-likeness (QED) is 0.912. The molecule has 0 amide bonds. The average molecular weight is 347 g/mol. The molecule has 0 spiro atoms. The molecule has 2 rings (SSSR count). The summed E-state index contributed by atoms with van der Waals surface area (Å²) in [4.78, 5) is 15.2. The van der Waals surface area contributed by atoms with Crippen LogP contribution in [0.1, 0.15) is 27.3 Å². The monoisotopic (exact) mass is 346 g/mol. The zero-order valence-corrected chi connectivity index (χ0v) is 12.9. The Hall–Kier alpha value is -2.39. The van der Waals surface area contributed by atoms with E-state index in [0.29, 0.717) is 32.9 Å². The number of rotatable bonds is 3. The second-order valence-corrected chi connectivity index (χ2v) is 5.24. The Balaban J connectivity index is 2.50. The van der Waals surface area contributed by atoms with Crippen molar-refractivity contribution in [3.05, 3.63) is 51.3 Å². The molecule has 0 radical (unpaired) electrons. The van der Waals surface area contributed by atoms with Gasteiger partial charge in [0.1, 0.15) is 23.1 Å². The summed E-state index contributed by atoms with van der Waals surface area (Å²) in [6.07, 6.45) is 0. The number of aryl methyl sites for hydroxylation is 2. The van der Waals surface area contributed by atoms with Crippen molar-refractivity contribution in [1.82, 2.24) is 4.98 Å². The lowest BCUT2D eigenvalue weighted by Crippen LogP contribution is -1.99. The largest absolute Gasteiger partial charge is 0.478 e. The average Bonchev–Trinajstić information content (AvgIpc) is 2.40. The van der Waals surface area contributed by atoms with Gasteiger partial charge >= 0.3 is 5.97 Å². The zero-order chi connectivity index (χ0) is 15.6. The van der Waals surface area contributed by atoms with Crippen molar-refractivity contribution in [3.8, 4) is 17.6 Å². The van der Waals surface area contributed by atoms with E-state index in [9.17, 15) is 10.1 Å². The molecule has 6 heteroatoms. The van der Waals surface area contributed by atoms with E-state index in [2.05, 4.69) is 20.9 Å². The van der Waals surface area contributed by atoms with Gasteiger partial charge in [0.05, 0.1) is 15.7 Å². The van der Waals surface area contributed by atoms with Gasteiger partial charge < -0.3 is 9.84 Å². The number of carbonyl (C=O) groups is 1. The Morgan fingerprint density at radius 2 is 2.05 bits per heavy atom. The highest BCUT2D eigenvalue weighted by atomic mass is 79.9. The van der Waals surface area contributed by atoms with Crippen LogP contribution < -0.4 is 4.74 Å². The number of halogens is 1. The Kier molecular flexibility index (Phi) is 4.24. The molecule has 1 aromatic heterocycles. The number of ether oxygens (including phenoxy) is 1. The van der Waals surface area contributed by atoms with E-state index >= 15 is 0 Å². The number of nitrogens with zero attached hydrogens (tertiary/aromatic N) is 2. The Labute approximate surface area is 129 Å². The van der Waals surface area contributed by atoms with Gasteiger partial charge in [0.2, 0.25) is 0 Å². The number of hydrogen-bond acceptors (Lipinski definition) is 4. The predicted octanol–water partition coefficient (Wildman–Crippen LogP) is 3.82. The lowest BCUT2D eigenvalue weighted by atomic mass is 10.1. The molecule has 0 aliphatic heterocycles. The first-order valence-electron chi connectivity index (χ1n) is 6.01. The van der Waals surface area contributed by atoms with Gasteiger partial charge in [-0.15, -0.1) is 0 Å². The van der Waals surface area contributed by atoms with Crippen LogP contribution >= 0.6 is 15.9 Å². The number of hydrogen-bond donors (Lipinski definition) is 1. The topological polar surface area (TPSA) is 83.2 Å². The Morgan fingerprint density at radius 1 is 1.33 bits per heavy atom. The van der Waals surface area contributed by atoms with Crippen molar-refractivity contribution in [2.24, 2.45) is 0 Å². The van der Waals surface area contributed by atoms with Crippen LogP contribution in [0.2, 0.25) is 0 Å². The maximum atomic E-state index is 11.0. The van der Waals surface area contributed by atoms with Crippen LogP contribution in [0.15, 0.2) is 28.7 Å². The first-order chi connectivity index (χ1) is 9.92. The highest BCUT2D eigenvalue weighted by molar-refractivity contribution is 9.10. The first kappa shape index (κ1) is 15.0. The van der Waals surface area contributed by atoms with Gasteiger partial charge in [-0.05, 0) is 48.0 Å². The maximum absolute atomic E-state index is 11.0. The molecule has 0 atom stereocenters. The smallest absolute Gasteiger partial charge is 0.335 e. The fourth-order valence-electron chi connectivity index (χ4n) is 1.84. The summed E-state index contributed by atoms with van der Waals surface area (Å²) in [6, 6.07) is 8.15. The van der Waals surface area contributed by atoms with Crippen molar-refractivity contribution in [2.45, 2.75) is 13.8 Å². The summed E-state index contributed by atoms with van der Waals surface area (Å²) >= 11 is 3.30. The van der Waals surface area contributed by atoms with Crippen molar-refractivity contribution < 1.29 is 14.6 Å². The van der Waals surface area contributed by atoms with E-state index in [0.717, 1.165) is 0 Å².